The minimum absolute atomic E-state index is 0.00524. The van der Waals surface area contributed by atoms with E-state index >= 15 is 0 Å². The first-order valence-electron chi connectivity index (χ1n) is 6.13. The van der Waals surface area contributed by atoms with Crippen LogP contribution in [-0.2, 0) is 0 Å². The molecule has 0 aliphatic heterocycles. The molecule has 0 bridgehead atoms. The topological polar surface area (TPSA) is 92.5 Å². The Hall–Kier alpha value is -1.95. The molecule has 1 aromatic carbocycles. The number of hydrogen-bond donors (Lipinski definition) is 2. The van der Waals surface area contributed by atoms with Crippen LogP contribution in [-0.4, -0.2) is 28.6 Å². The number of aryl methyl sites for hydroxylation is 1. The van der Waals surface area contributed by atoms with Crippen LogP contribution < -0.4 is 5.32 Å². The second-order valence-corrected chi connectivity index (χ2v) is 4.51. The van der Waals surface area contributed by atoms with Gasteiger partial charge in [-0.1, -0.05) is 0 Å². The molecule has 0 saturated heterocycles. The summed E-state index contributed by atoms with van der Waals surface area (Å²) in [5, 5.41) is 22.4. The van der Waals surface area contributed by atoms with Crippen LogP contribution in [0, 0.1) is 17.0 Å². The molecular formula is C13H18N2O4. The third kappa shape index (κ3) is 4.67. The van der Waals surface area contributed by atoms with Gasteiger partial charge in [0.05, 0.1) is 11.0 Å². The van der Waals surface area contributed by atoms with Gasteiger partial charge in [0.15, 0.2) is 0 Å². The Morgan fingerprint density at radius 3 is 2.74 bits per heavy atom. The number of benzene rings is 1. The van der Waals surface area contributed by atoms with E-state index in [2.05, 4.69) is 5.32 Å². The van der Waals surface area contributed by atoms with E-state index in [1.54, 1.807) is 13.8 Å². The maximum atomic E-state index is 11.8. The molecule has 0 radical (unpaired) electrons. The van der Waals surface area contributed by atoms with Crippen molar-refractivity contribution in [2.75, 3.05) is 6.54 Å². The Morgan fingerprint density at radius 1 is 1.53 bits per heavy atom. The number of hydrogen-bond acceptors (Lipinski definition) is 4. The molecule has 1 aromatic rings. The zero-order valence-electron chi connectivity index (χ0n) is 11.0. The maximum absolute atomic E-state index is 11.8. The van der Waals surface area contributed by atoms with Gasteiger partial charge >= 0.3 is 0 Å². The van der Waals surface area contributed by atoms with Gasteiger partial charge in [0.1, 0.15) is 0 Å². The van der Waals surface area contributed by atoms with Crippen LogP contribution in [0.4, 0.5) is 5.69 Å². The standard InChI is InChI=1S/C13H18N2O4/c1-9-8-11(5-6-12(9)15(18)19)13(17)14-7-3-4-10(2)16/h5-6,8,10,16H,3-4,7H2,1-2H3,(H,14,17). The van der Waals surface area contributed by atoms with Crippen molar-refractivity contribution in [1.82, 2.24) is 5.32 Å². The van der Waals surface area contributed by atoms with Crippen molar-refractivity contribution < 1.29 is 14.8 Å². The van der Waals surface area contributed by atoms with Gasteiger partial charge in [-0.2, -0.15) is 0 Å². The molecule has 0 aromatic heterocycles. The lowest BCUT2D eigenvalue weighted by Gasteiger charge is -2.07. The lowest BCUT2D eigenvalue weighted by atomic mass is 10.1. The predicted octanol–water partition coefficient (Wildman–Crippen LogP) is 1.79. The molecule has 2 N–H and O–H groups in total. The summed E-state index contributed by atoms with van der Waals surface area (Å²) in [6.07, 6.45) is 0.938. The van der Waals surface area contributed by atoms with E-state index in [9.17, 15) is 14.9 Å². The number of nitro groups is 1. The van der Waals surface area contributed by atoms with Gasteiger partial charge < -0.3 is 10.4 Å². The van der Waals surface area contributed by atoms with Gasteiger partial charge in [0, 0.05) is 23.7 Å². The van der Waals surface area contributed by atoms with Crippen molar-refractivity contribution in [3.63, 3.8) is 0 Å². The number of rotatable bonds is 6. The summed E-state index contributed by atoms with van der Waals surface area (Å²) in [4.78, 5) is 22.0. The van der Waals surface area contributed by atoms with Crippen LogP contribution >= 0.6 is 0 Å². The van der Waals surface area contributed by atoms with Crippen molar-refractivity contribution in [3.8, 4) is 0 Å². The van der Waals surface area contributed by atoms with Crippen LogP contribution in [0.15, 0.2) is 18.2 Å². The molecule has 1 unspecified atom stereocenters. The van der Waals surface area contributed by atoms with E-state index in [1.165, 1.54) is 18.2 Å². The Labute approximate surface area is 111 Å². The fraction of sp³-hybridized carbons (Fsp3) is 0.462. The largest absolute Gasteiger partial charge is 0.393 e. The Bertz CT molecular complexity index is 472. The Kier molecular flexibility index (Phi) is 5.44. The molecular weight excluding hydrogens is 248 g/mol. The van der Waals surface area contributed by atoms with Crippen molar-refractivity contribution in [2.24, 2.45) is 0 Å². The SMILES string of the molecule is Cc1cc(C(=O)NCCCC(C)O)ccc1[N+](=O)[O-]. The number of aliphatic hydroxyl groups is 1. The summed E-state index contributed by atoms with van der Waals surface area (Å²) in [5.74, 6) is -0.261. The fourth-order valence-corrected chi connectivity index (χ4v) is 1.70. The van der Waals surface area contributed by atoms with Gasteiger partial charge in [0.2, 0.25) is 0 Å². The predicted molar refractivity (Wildman–Crippen MR) is 71.1 cm³/mol. The zero-order chi connectivity index (χ0) is 14.4. The van der Waals surface area contributed by atoms with E-state index in [-0.39, 0.29) is 17.7 Å². The highest BCUT2D eigenvalue weighted by atomic mass is 16.6. The summed E-state index contributed by atoms with van der Waals surface area (Å²) in [5.41, 5.74) is 0.868. The number of carbonyl (C=O) groups excluding carboxylic acids is 1. The second-order valence-electron chi connectivity index (χ2n) is 4.51. The second kappa shape index (κ2) is 6.84. The molecule has 0 aliphatic rings. The molecule has 6 nitrogen and oxygen atoms in total. The Balaban J connectivity index is 2.58. The smallest absolute Gasteiger partial charge is 0.272 e. The fourth-order valence-electron chi connectivity index (χ4n) is 1.70. The lowest BCUT2D eigenvalue weighted by molar-refractivity contribution is -0.385. The highest BCUT2D eigenvalue weighted by Crippen LogP contribution is 2.18. The van der Waals surface area contributed by atoms with E-state index in [4.69, 9.17) is 5.11 Å². The number of aliphatic hydroxyl groups excluding tert-OH is 1. The summed E-state index contributed by atoms with van der Waals surface area (Å²) < 4.78 is 0. The van der Waals surface area contributed by atoms with Gasteiger partial charge in [-0.3, -0.25) is 14.9 Å². The third-order valence-corrected chi connectivity index (χ3v) is 2.74. The van der Waals surface area contributed by atoms with E-state index in [0.29, 0.717) is 30.5 Å². The average molecular weight is 266 g/mol. The monoisotopic (exact) mass is 266 g/mol. The van der Waals surface area contributed by atoms with E-state index in [0.717, 1.165) is 0 Å². The molecule has 104 valence electrons. The highest BCUT2D eigenvalue weighted by Gasteiger charge is 2.13. The number of carbonyl (C=O) groups is 1. The van der Waals surface area contributed by atoms with Crippen LogP contribution in [0.25, 0.3) is 0 Å². The maximum Gasteiger partial charge on any atom is 0.272 e. The summed E-state index contributed by atoms with van der Waals surface area (Å²) >= 11 is 0. The van der Waals surface area contributed by atoms with E-state index in [1.807, 2.05) is 0 Å². The molecule has 0 fully saturated rings. The molecule has 19 heavy (non-hydrogen) atoms. The molecule has 0 aliphatic carbocycles. The Morgan fingerprint density at radius 2 is 2.21 bits per heavy atom. The normalized spacial score (nSPS) is 11.9. The summed E-state index contributed by atoms with van der Waals surface area (Å²) in [6.45, 7) is 3.77. The van der Waals surface area contributed by atoms with Crippen LogP contribution in [0.1, 0.15) is 35.7 Å². The molecule has 0 heterocycles. The molecule has 1 atom stereocenters. The first-order chi connectivity index (χ1) is 8.91. The van der Waals surface area contributed by atoms with Crippen molar-refractivity contribution in [3.05, 3.63) is 39.4 Å². The minimum atomic E-state index is -0.473. The number of nitro benzene ring substituents is 1. The third-order valence-electron chi connectivity index (χ3n) is 2.74. The van der Waals surface area contributed by atoms with Crippen LogP contribution in [0.5, 0.6) is 0 Å². The average Bonchev–Trinajstić information content (AvgIpc) is 2.33. The van der Waals surface area contributed by atoms with Gasteiger partial charge in [-0.25, -0.2) is 0 Å². The molecule has 0 saturated carbocycles. The minimum Gasteiger partial charge on any atom is -0.393 e. The van der Waals surface area contributed by atoms with E-state index < -0.39 is 4.92 Å². The molecule has 1 amide bonds. The zero-order valence-corrected chi connectivity index (χ0v) is 11.0. The molecule has 1 rings (SSSR count). The van der Waals surface area contributed by atoms with Crippen molar-refractivity contribution in [1.29, 1.82) is 0 Å². The van der Waals surface area contributed by atoms with Gasteiger partial charge in [-0.05, 0) is 38.8 Å². The molecule has 6 heteroatoms. The lowest BCUT2D eigenvalue weighted by Crippen LogP contribution is -2.25. The van der Waals surface area contributed by atoms with Crippen molar-refractivity contribution >= 4 is 11.6 Å². The van der Waals surface area contributed by atoms with Crippen LogP contribution in [0.2, 0.25) is 0 Å². The number of nitrogens with zero attached hydrogens (tertiary/aromatic N) is 1. The van der Waals surface area contributed by atoms with Gasteiger partial charge in [0.25, 0.3) is 11.6 Å². The summed E-state index contributed by atoms with van der Waals surface area (Å²) in [7, 11) is 0. The number of nitrogens with one attached hydrogen (secondary N) is 1. The molecule has 0 spiro atoms. The van der Waals surface area contributed by atoms with Crippen LogP contribution in [0.3, 0.4) is 0 Å². The first-order valence-corrected chi connectivity index (χ1v) is 6.13. The van der Waals surface area contributed by atoms with Gasteiger partial charge in [-0.15, -0.1) is 0 Å². The van der Waals surface area contributed by atoms with Crippen molar-refractivity contribution in [2.45, 2.75) is 32.8 Å². The number of amides is 1. The first kappa shape index (κ1) is 15.1. The quantitative estimate of drug-likeness (QED) is 0.466. The summed E-state index contributed by atoms with van der Waals surface area (Å²) in [6, 6.07) is 4.28. The highest BCUT2D eigenvalue weighted by molar-refractivity contribution is 5.94.